The number of hydrogen-bond acceptors (Lipinski definition) is 2. The van der Waals surface area contributed by atoms with Gasteiger partial charge in [-0.1, -0.05) is 6.42 Å². The van der Waals surface area contributed by atoms with Gasteiger partial charge >= 0.3 is 0 Å². The molecule has 0 aromatic carbocycles. The van der Waals surface area contributed by atoms with Crippen LogP contribution in [-0.2, 0) is 0 Å². The summed E-state index contributed by atoms with van der Waals surface area (Å²) in [4.78, 5) is 2.49. The molecule has 0 saturated carbocycles. The number of nitrogens with two attached hydrogens (primary N) is 1. The fraction of sp³-hybridized carbons (Fsp3) is 1.00. The van der Waals surface area contributed by atoms with Crippen molar-refractivity contribution in [3.05, 3.63) is 0 Å². The van der Waals surface area contributed by atoms with Gasteiger partial charge in [0.1, 0.15) is 0 Å². The predicted octanol–water partition coefficient (Wildman–Crippen LogP) is 1.60. The third-order valence-electron chi connectivity index (χ3n) is 2.87. The van der Waals surface area contributed by atoms with Crippen LogP contribution in [0, 0.1) is 0 Å². The van der Waals surface area contributed by atoms with Gasteiger partial charge in [0.2, 0.25) is 0 Å². The molecule has 2 heteroatoms. The smallest absolute Gasteiger partial charge is 0.00926 e. The van der Waals surface area contributed by atoms with E-state index in [9.17, 15) is 0 Å². The molecule has 0 aromatic heterocycles. The molecule has 2 nitrogen and oxygen atoms in total. The maximum absolute atomic E-state index is 5.70. The summed E-state index contributed by atoms with van der Waals surface area (Å²) >= 11 is 0. The van der Waals surface area contributed by atoms with Crippen molar-refractivity contribution in [2.45, 2.75) is 51.1 Å². The Hall–Kier alpha value is -0.0800. The topological polar surface area (TPSA) is 29.3 Å². The molecule has 1 rings (SSSR count). The quantitative estimate of drug-likeness (QED) is 0.694. The van der Waals surface area contributed by atoms with Crippen LogP contribution in [0.2, 0.25) is 0 Å². The Morgan fingerprint density at radius 2 is 2.33 bits per heavy atom. The van der Waals surface area contributed by atoms with E-state index in [4.69, 9.17) is 5.73 Å². The van der Waals surface area contributed by atoms with Crippen molar-refractivity contribution >= 4 is 0 Å². The van der Waals surface area contributed by atoms with Crippen molar-refractivity contribution in [3.8, 4) is 0 Å². The summed E-state index contributed by atoms with van der Waals surface area (Å²) in [6.45, 7) is 3.39. The maximum Gasteiger partial charge on any atom is 0.00926 e. The molecule has 1 aliphatic rings. The highest BCUT2D eigenvalue weighted by Gasteiger charge is 2.19. The Kier molecular flexibility index (Phi) is 4.02. The van der Waals surface area contributed by atoms with Crippen molar-refractivity contribution in [3.63, 3.8) is 0 Å². The third-order valence-corrected chi connectivity index (χ3v) is 2.87. The Morgan fingerprint density at radius 1 is 1.58 bits per heavy atom. The highest BCUT2D eigenvalue weighted by Crippen LogP contribution is 2.19. The summed E-state index contributed by atoms with van der Waals surface area (Å²) in [6, 6.07) is 1.24. The van der Waals surface area contributed by atoms with Gasteiger partial charge in [0.25, 0.3) is 0 Å². The van der Waals surface area contributed by atoms with Crippen molar-refractivity contribution < 1.29 is 0 Å². The van der Waals surface area contributed by atoms with Crippen LogP contribution < -0.4 is 5.73 Å². The lowest BCUT2D eigenvalue weighted by molar-refractivity contribution is 0.288. The maximum atomic E-state index is 5.70. The van der Waals surface area contributed by atoms with Crippen LogP contribution in [-0.4, -0.2) is 30.6 Å². The molecule has 2 atom stereocenters. The second-order valence-electron chi connectivity index (χ2n) is 4.18. The van der Waals surface area contributed by atoms with E-state index >= 15 is 0 Å². The fourth-order valence-corrected chi connectivity index (χ4v) is 2.02. The lowest BCUT2D eigenvalue weighted by atomic mass is 10.1. The minimum Gasteiger partial charge on any atom is -0.328 e. The van der Waals surface area contributed by atoms with Gasteiger partial charge in [0, 0.05) is 12.1 Å². The van der Waals surface area contributed by atoms with Gasteiger partial charge in [-0.25, -0.2) is 0 Å². The van der Waals surface area contributed by atoms with Gasteiger partial charge in [-0.05, 0) is 46.2 Å². The second-order valence-corrected chi connectivity index (χ2v) is 4.18. The van der Waals surface area contributed by atoms with E-state index in [1.165, 1.54) is 38.6 Å². The Balaban J connectivity index is 2.06. The number of hydrogen-bond donors (Lipinski definition) is 1. The number of rotatable bonds is 4. The molecule has 0 amide bonds. The number of likely N-dealkylation sites (tertiary alicyclic amines) is 1. The Bertz CT molecular complexity index is 123. The summed E-state index contributed by atoms with van der Waals surface area (Å²) in [5, 5.41) is 0. The van der Waals surface area contributed by atoms with Crippen LogP contribution in [0.1, 0.15) is 39.0 Å². The SMILES string of the molecule is C[C@@H](N)CCCC1CCCN1C. The van der Waals surface area contributed by atoms with Gasteiger partial charge in [-0.3, -0.25) is 0 Å². The summed E-state index contributed by atoms with van der Waals surface area (Å²) in [5.41, 5.74) is 5.70. The van der Waals surface area contributed by atoms with Gasteiger partial charge < -0.3 is 10.6 Å². The molecule has 0 aliphatic carbocycles. The zero-order valence-electron chi connectivity index (χ0n) is 8.42. The van der Waals surface area contributed by atoms with Crippen molar-refractivity contribution in [2.24, 2.45) is 5.73 Å². The first-order valence-corrected chi connectivity index (χ1v) is 5.16. The average Bonchev–Trinajstić information content (AvgIpc) is 2.36. The van der Waals surface area contributed by atoms with E-state index in [-0.39, 0.29) is 0 Å². The van der Waals surface area contributed by atoms with Crippen LogP contribution in [0.15, 0.2) is 0 Å². The Labute approximate surface area is 76.1 Å². The van der Waals surface area contributed by atoms with Crippen LogP contribution in [0.25, 0.3) is 0 Å². The van der Waals surface area contributed by atoms with E-state index in [1.807, 2.05) is 0 Å². The van der Waals surface area contributed by atoms with E-state index in [2.05, 4.69) is 18.9 Å². The Morgan fingerprint density at radius 3 is 2.83 bits per heavy atom. The first-order valence-electron chi connectivity index (χ1n) is 5.16. The molecule has 0 aromatic rings. The van der Waals surface area contributed by atoms with Crippen LogP contribution in [0.5, 0.6) is 0 Å². The zero-order chi connectivity index (χ0) is 8.97. The normalized spacial score (nSPS) is 27.8. The molecule has 1 aliphatic heterocycles. The molecule has 72 valence electrons. The molecule has 12 heavy (non-hydrogen) atoms. The van der Waals surface area contributed by atoms with Crippen LogP contribution >= 0.6 is 0 Å². The van der Waals surface area contributed by atoms with Crippen LogP contribution in [0.3, 0.4) is 0 Å². The predicted molar refractivity (Wildman–Crippen MR) is 53.2 cm³/mol. The van der Waals surface area contributed by atoms with E-state index in [0.717, 1.165) is 6.04 Å². The lowest BCUT2D eigenvalue weighted by Gasteiger charge is -2.19. The van der Waals surface area contributed by atoms with Gasteiger partial charge in [0.15, 0.2) is 0 Å². The van der Waals surface area contributed by atoms with Gasteiger partial charge in [-0.2, -0.15) is 0 Å². The molecule has 0 bridgehead atoms. The fourth-order valence-electron chi connectivity index (χ4n) is 2.02. The molecule has 1 unspecified atom stereocenters. The highest BCUT2D eigenvalue weighted by molar-refractivity contribution is 4.76. The van der Waals surface area contributed by atoms with Crippen molar-refractivity contribution in [1.82, 2.24) is 4.90 Å². The summed E-state index contributed by atoms with van der Waals surface area (Å²) in [5.74, 6) is 0. The molecule has 0 spiro atoms. The lowest BCUT2D eigenvalue weighted by Crippen LogP contribution is -2.25. The molecule has 0 radical (unpaired) electrons. The van der Waals surface area contributed by atoms with E-state index in [1.54, 1.807) is 0 Å². The van der Waals surface area contributed by atoms with E-state index in [0.29, 0.717) is 6.04 Å². The summed E-state index contributed by atoms with van der Waals surface area (Å²) in [7, 11) is 2.24. The monoisotopic (exact) mass is 170 g/mol. The first kappa shape index (κ1) is 10.0. The standard InChI is InChI=1S/C10H22N2/c1-9(11)5-3-6-10-7-4-8-12(10)2/h9-10H,3-8,11H2,1-2H3/t9-,10?/m1/s1. The molecule has 1 heterocycles. The largest absolute Gasteiger partial charge is 0.328 e. The van der Waals surface area contributed by atoms with Crippen molar-refractivity contribution in [1.29, 1.82) is 0 Å². The van der Waals surface area contributed by atoms with Crippen molar-refractivity contribution in [2.75, 3.05) is 13.6 Å². The minimum atomic E-state index is 0.386. The molecular formula is C10H22N2. The third kappa shape index (κ3) is 3.11. The second kappa shape index (κ2) is 4.83. The molecule has 1 fully saturated rings. The molecule has 2 N–H and O–H groups in total. The minimum absolute atomic E-state index is 0.386. The van der Waals surface area contributed by atoms with Gasteiger partial charge in [0.05, 0.1) is 0 Å². The van der Waals surface area contributed by atoms with Gasteiger partial charge in [-0.15, -0.1) is 0 Å². The first-order chi connectivity index (χ1) is 5.70. The summed E-state index contributed by atoms with van der Waals surface area (Å²) < 4.78 is 0. The highest BCUT2D eigenvalue weighted by atomic mass is 15.1. The van der Waals surface area contributed by atoms with E-state index < -0.39 is 0 Å². The average molecular weight is 170 g/mol. The summed E-state index contributed by atoms with van der Waals surface area (Å²) in [6.07, 6.45) is 6.61. The number of nitrogens with zero attached hydrogens (tertiary/aromatic N) is 1. The zero-order valence-corrected chi connectivity index (χ0v) is 8.42. The van der Waals surface area contributed by atoms with Crippen LogP contribution in [0.4, 0.5) is 0 Å². The molecule has 1 saturated heterocycles. The molecular weight excluding hydrogens is 148 g/mol.